The first-order valence-corrected chi connectivity index (χ1v) is 8.73. The molecule has 3 heterocycles. The van der Waals surface area contributed by atoms with Crippen LogP contribution in [-0.2, 0) is 0 Å². The molecule has 0 spiro atoms. The third-order valence-electron chi connectivity index (χ3n) is 4.35. The van der Waals surface area contributed by atoms with E-state index in [1.165, 1.54) is 6.42 Å². The summed E-state index contributed by atoms with van der Waals surface area (Å²) in [4.78, 5) is 13.5. The molecule has 25 heavy (non-hydrogen) atoms. The van der Waals surface area contributed by atoms with Gasteiger partial charge in [0, 0.05) is 18.7 Å². The number of anilines is 1. The van der Waals surface area contributed by atoms with Gasteiger partial charge in [0.25, 0.3) is 0 Å². The molecular formula is C18H22N6O. The van der Waals surface area contributed by atoms with Crippen LogP contribution < -0.4 is 15.4 Å². The van der Waals surface area contributed by atoms with Crippen molar-refractivity contribution in [1.82, 2.24) is 24.8 Å². The van der Waals surface area contributed by atoms with Crippen LogP contribution in [0, 0.1) is 0 Å². The summed E-state index contributed by atoms with van der Waals surface area (Å²) in [7, 11) is 0. The molecule has 1 saturated heterocycles. The lowest BCUT2D eigenvalue weighted by molar-refractivity contribution is 0.340. The van der Waals surface area contributed by atoms with Gasteiger partial charge < -0.3 is 15.4 Å². The highest BCUT2D eigenvalue weighted by atomic mass is 16.5. The maximum atomic E-state index is 5.60. The molecule has 7 nitrogen and oxygen atoms in total. The summed E-state index contributed by atoms with van der Waals surface area (Å²) in [6.45, 7) is 4.65. The van der Waals surface area contributed by atoms with Crippen molar-refractivity contribution < 1.29 is 4.74 Å². The molecule has 1 unspecified atom stereocenters. The van der Waals surface area contributed by atoms with Crippen molar-refractivity contribution in [2.24, 2.45) is 0 Å². The van der Waals surface area contributed by atoms with Crippen LogP contribution in [0.3, 0.4) is 0 Å². The highest BCUT2D eigenvalue weighted by Crippen LogP contribution is 2.23. The van der Waals surface area contributed by atoms with Crippen LogP contribution in [-0.4, -0.2) is 45.3 Å². The second kappa shape index (κ2) is 7.06. The zero-order chi connectivity index (χ0) is 17.1. The first-order valence-electron chi connectivity index (χ1n) is 8.73. The topological polar surface area (TPSA) is 76.9 Å². The van der Waals surface area contributed by atoms with Crippen LogP contribution >= 0.6 is 0 Å². The fraction of sp³-hybridized carbons (Fsp3) is 0.389. The molecule has 0 saturated carbocycles. The van der Waals surface area contributed by atoms with Gasteiger partial charge in [-0.25, -0.2) is 9.97 Å². The minimum Gasteiger partial charge on any atom is -0.494 e. The van der Waals surface area contributed by atoms with Crippen LogP contribution in [0.1, 0.15) is 19.8 Å². The largest absolute Gasteiger partial charge is 0.494 e. The van der Waals surface area contributed by atoms with Crippen molar-refractivity contribution in [2.45, 2.75) is 25.8 Å². The van der Waals surface area contributed by atoms with Crippen LogP contribution in [0.5, 0.6) is 5.75 Å². The Bertz CT molecular complexity index is 856. The molecule has 0 aliphatic carbocycles. The van der Waals surface area contributed by atoms with E-state index in [0.29, 0.717) is 12.6 Å². The zero-order valence-corrected chi connectivity index (χ0v) is 14.3. The number of rotatable bonds is 5. The van der Waals surface area contributed by atoms with Crippen molar-refractivity contribution in [3.63, 3.8) is 0 Å². The SMILES string of the molecule is CCOc1ccc2ncn(-c3cncc(NC4CCCNC4)n3)c2c1. The van der Waals surface area contributed by atoms with E-state index < -0.39 is 0 Å². The summed E-state index contributed by atoms with van der Waals surface area (Å²) in [5.74, 6) is 2.35. The fourth-order valence-corrected chi connectivity index (χ4v) is 3.15. The van der Waals surface area contributed by atoms with Crippen LogP contribution in [0.25, 0.3) is 16.9 Å². The highest BCUT2D eigenvalue weighted by Gasteiger charge is 2.14. The minimum absolute atomic E-state index is 0.391. The number of aromatic nitrogens is 4. The van der Waals surface area contributed by atoms with Gasteiger partial charge >= 0.3 is 0 Å². The van der Waals surface area contributed by atoms with Crippen LogP contribution in [0.4, 0.5) is 5.82 Å². The van der Waals surface area contributed by atoms with Crippen molar-refractivity contribution in [2.75, 3.05) is 25.0 Å². The second-order valence-corrected chi connectivity index (χ2v) is 6.15. The number of benzene rings is 1. The number of hydrogen-bond donors (Lipinski definition) is 2. The van der Waals surface area contributed by atoms with Gasteiger partial charge in [-0.1, -0.05) is 0 Å². The van der Waals surface area contributed by atoms with Gasteiger partial charge in [-0.05, 0) is 38.4 Å². The number of piperidine rings is 1. The Labute approximate surface area is 146 Å². The predicted octanol–water partition coefficient (Wildman–Crippen LogP) is 2.38. The third-order valence-corrected chi connectivity index (χ3v) is 4.35. The summed E-state index contributed by atoms with van der Waals surface area (Å²) >= 11 is 0. The average molecular weight is 338 g/mol. The average Bonchev–Trinajstić information content (AvgIpc) is 3.06. The molecule has 2 aromatic heterocycles. The molecule has 0 amide bonds. The van der Waals surface area contributed by atoms with Gasteiger partial charge in [-0.3, -0.25) is 9.55 Å². The zero-order valence-electron chi connectivity index (χ0n) is 14.3. The Morgan fingerprint density at radius 2 is 2.32 bits per heavy atom. The Kier molecular flexibility index (Phi) is 4.47. The van der Waals surface area contributed by atoms with Crippen LogP contribution in [0.2, 0.25) is 0 Å². The molecular weight excluding hydrogens is 316 g/mol. The lowest BCUT2D eigenvalue weighted by atomic mass is 10.1. The van der Waals surface area contributed by atoms with E-state index in [-0.39, 0.29) is 0 Å². The van der Waals surface area contributed by atoms with E-state index in [0.717, 1.165) is 47.9 Å². The first-order chi connectivity index (χ1) is 12.3. The Morgan fingerprint density at radius 1 is 1.36 bits per heavy atom. The van der Waals surface area contributed by atoms with Gasteiger partial charge in [-0.2, -0.15) is 0 Å². The van der Waals surface area contributed by atoms with Crippen molar-refractivity contribution in [3.05, 3.63) is 36.9 Å². The molecule has 0 bridgehead atoms. The highest BCUT2D eigenvalue weighted by molar-refractivity contribution is 5.78. The maximum absolute atomic E-state index is 5.60. The van der Waals surface area contributed by atoms with Gasteiger partial charge in [0.1, 0.15) is 17.9 Å². The van der Waals surface area contributed by atoms with Gasteiger partial charge in [-0.15, -0.1) is 0 Å². The summed E-state index contributed by atoms with van der Waals surface area (Å²) in [5, 5.41) is 6.87. The molecule has 7 heteroatoms. The van der Waals surface area contributed by atoms with Gasteiger partial charge in [0.15, 0.2) is 5.82 Å². The van der Waals surface area contributed by atoms with Crippen molar-refractivity contribution in [3.8, 4) is 11.6 Å². The molecule has 130 valence electrons. The smallest absolute Gasteiger partial charge is 0.159 e. The van der Waals surface area contributed by atoms with E-state index in [4.69, 9.17) is 9.72 Å². The molecule has 4 rings (SSSR count). The Balaban J connectivity index is 1.63. The van der Waals surface area contributed by atoms with Crippen LogP contribution in [0.15, 0.2) is 36.9 Å². The molecule has 1 aliphatic heterocycles. The summed E-state index contributed by atoms with van der Waals surface area (Å²) in [6, 6.07) is 6.27. The number of fused-ring (bicyclic) bond motifs is 1. The molecule has 1 aromatic carbocycles. The monoisotopic (exact) mass is 338 g/mol. The lowest BCUT2D eigenvalue weighted by Crippen LogP contribution is -2.38. The van der Waals surface area contributed by atoms with Crippen molar-refractivity contribution in [1.29, 1.82) is 0 Å². The minimum atomic E-state index is 0.391. The van der Waals surface area contributed by atoms with Gasteiger partial charge in [0.2, 0.25) is 0 Å². The lowest BCUT2D eigenvalue weighted by Gasteiger charge is -2.24. The number of imidazole rings is 1. The molecule has 1 aliphatic rings. The van der Waals surface area contributed by atoms with E-state index >= 15 is 0 Å². The number of nitrogens with zero attached hydrogens (tertiary/aromatic N) is 4. The summed E-state index contributed by atoms with van der Waals surface area (Å²) < 4.78 is 7.54. The fourth-order valence-electron chi connectivity index (χ4n) is 3.15. The summed E-state index contributed by atoms with van der Waals surface area (Å²) in [6.07, 6.45) is 7.61. The number of ether oxygens (including phenoxy) is 1. The van der Waals surface area contributed by atoms with E-state index in [9.17, 15) is 0 Å². The third kappa shape index (κ3) is 3.41. The predicted molar refractivity (Wildman–Crippen MR) is 97.3 cm³/mol. The van der Waals surface area contributed by atoms with E-state index in [2.05, 4.69) is 20.6 Å². The van der Waals surface area contributed by atoms with E-state index in [1.54, 1.807) is 18.7 Å². The molecule has 1 atom stereocenters. The quantitative estimate of drug-likeness (QED) is 0.744. The second-order valence-electron chi connectivity index (χ2n) is 6.15. The molecule has 1 fully saturated rings. The normalized spacial score (nSPS) is 17.6. The first kappa shape index (κ1) is 15.8. The molecule has 0 radical (unpaired) electrons. The van der Waals surface area contributed by atoms with Gasteiger partial charge in [0.05, 0.1) is 30.0 Å². The Hall–Kier alpha value is -2.67. The number of hydrogen-bond acceptors (Lipinski definition) is 6. The van der Waals surface area contributed by atoms with Crippen molar-refractivity contribution >= 4 is 16.9 Å². The Morgan fingerprint density at radius 3 is 3.16 bits per heavy atom. The summed E-state index contributed by atoms with van der Waals surface area (Å²) in [5.41, 5.74) is 1.86. The maximum Gasteiger partial charge on any atom is 0.159 e. The molecule has 2 N–H and O–H groups in total. The standard InChI is InChI=1S/C18H22N6O/c1-2-25-14-5-6-15-16(8-14)24(12-21-15)18-11-20-10-17(23-18)22-13-4-3-7-19-9-13/h5-6,8,10-13,19H,2-4,7,9H2,1H3,(H,22,23). The van der Waals surface area contributed by atoms with E-state index in [1.807, 2.05) is 29.7 Å². The molecule has 3 aromatic rings. The number of nitrogens with one attached hydrogen (secondary N) is 2.